The third-order valence-electron chi connectivity index (χ3n) is 7.57. The maximum atomic E-state index is 4.14. The van der Waals surface area contributed by atoms with Gasteiger partial charge in [-0.3, -0.25) is 0 Å². The molecule has 0 atom stereocenters. The van der Waals surface area contributed by atoms with E-state index in [1.165, 1.54) is 57.4 Å². The van der Waals surface area contributed by atoms with Crippen LogP contribution < -0.4 is 0 Å². The molecular weight excluding hydrogens is 492 g/mol. The maximum absolute atomic E-state index is 4.14. The average Bonchev–Trinajstić information content (AvgIpc) is 3.25. The predicted octanol–water partition coefficient (Wildman–Crippen LogP) is 12.2. The van der Waals surface area contributed by atoms with Crippen LogP contribution >= 0.6 is 0 Å². The average molecular weight is 539 g/mol. The van der Waals surface area contributed by atoms with Gasteiger partial charge in [0.25, 0.3) is 0 Å². The van der Waals surface area contributed by atoms with Gasteiger partial charge in [0.2, 0.25) is 0 Å². The van der Waals surface area contributed by atoms with E-state index < -0.39 is 0 Å². The third-order valence-corrected chi connectivity index (χ3v) is 7.57. The number of rotatable bonds is 6. The van der Waals surface area contributed by atoms with Crippen molar-refractivity contribution in [1.82, 2.24) is 0 Å². The van der Waals surface area contributed by atoms with Crippen molar-refractivity contribution in [2.75, 3.05) is 0 Å². The number of allylic oxidation sites excluding steroid dienone is 12. The van der Waals surface area contributed by atoms with E-state index in [9.17, 15) is 0 Å². The van der Waals surface area contributed by atoms with Gasteiger partial charge in [0, 0.05) is 5.41 Å². The number of benzene rings is 3. The van der Waals surface area contributed by atoms with Gasteiger partial charge in [0.05, 0.1) is 0 Å². The molecule has 0 amide bonds. The summed E-state index contributed by atoms with van der Waals surface area (Å²) in [4.78, 5) is 0. The van der Waals surface area contributed by atoms with E-state index in [0.29, 0.717) is 0 Å². The van der Waals surface area contributed by atoms with E-state index in [1.807, 2.05) is 39.0 Å². The summed E-state index contributed by atoms with van der Waals surface area (Å²) in [5, 5.41) is 0. The summed E-state index contributed by atoms with van der Waals surface area (Å²) < 4.78 is 0. The minimum atomic E-state index is -0.0603. The van der Waals surface area contributed by atoms with E-state index in [2.05, 4.69) is 137 Å². The standard InChI is InChI=1S/C27H28.C12H12.C2H6/c1-7-11-19(4)20-15-17-21(18-16-20)23-13-10-14-24-22(9-3)25(12-8-2)27(5,6)26(23)24;1-3-7-11(8-4-1)12-9-5-2-6-10-12;1-2/h7-18H,3-4H2,1-2,5-6H3;1-5,7-9H,6,10H2;1-2H3/b11-7-,12-8-;;. The Kier molecular flexibility index (Phi) is 11.5. The van der Waals surface area contributed by atoms with Gasteiger partial charge in [-0.25, -0.2) is 0 Å². The minimum Gasteiger partial charge on any atom is -0.0984 e. The summed E-state index contributed by atoms with van der Waals surface area (Å²) >= 11 is 0. The minimum absolute atomic E-state index is 0.0603. The molecule has 41 heavy (non-hydrogen) atoms. The largest absolute Gasteiger partial charge is 0.0984 e. The molecule has 5 rings (SSSR count). The monoisotopic (exact) mass is 538 g/mol. The van der Waals surface area contributed by atoms with Gasteiger partial charge in [0.15, 0.2) is 0 Å². The fraction of sp³-hybridized carbons (Fsp3) is 0.220. The summed E-state index contributed by atoms with van der Waals surface area (Å²) in [5.41, 5.74) is 12.7. The molecule has 0 heterocycles. The second-order valence-corrected chi connectivity index (χ2v) is 10.5. The molecule has 2 aliphatic carbocycles. The van der Waals surface area contributed by atoms with Gasteiger partial charge >= 0.3 is 0 Å². The Morgan fingerprint density at radius 1 is 0.805 bits per heavy atom. The quantitative estimate of drug-likeness (QED) is 0.274. The van der Waals surface area contributed by atoms with Crippen molar-refractivity contribution in [2.45, 2.75) is 59.8 Å². The zero-order valence-corrected chi connectivity index (χ0v) is 25.9. The Balaban J connectivity index is 0.000000274. The lowest BCUT2D eigenvalue weighted by molar-refractivity contribution is 0.656. The SMILES string of the molecule is C1=CCCC(c2ccccc2)=C1.C=CC1=C(/C=C\C)C(C)(C)c2c1cccc2-c1ccc(C(=C)/C=C\C)cc1.CC. The number of hydrogen-bond acceptors (Lipinski definition) is 0. The highest BCUT2D eigenvalue weighted by atomic mass is 14.4. The lowest BCUT2D eigenvalue weighted by Crippen LogP contribution is -2.17. The molecule has 0 saturated heterocycles. The Labute approximate surface area is 249 Å². The van der Waals surface area contributed by atoms with Gasteiger partial charge < -0.3 is 0 Å². The first-order valence-corrected chi connectivity index (χ1v) is 14.9. The molecule has 0 radical (unpaired) electrons. The van der Waals surface area contributed by atoms with Gasteiger partial charge in [0.1, 0.15) is 0 Å². The molecule has 0 spiro atoms. The van der Waals surface area contributed by atoms with Crippen LogP contribution in [-0.4, -0.2) is 0 Å². The molecule has 3 aromatic rings. The normalized spacial score (nSPS) is 15.0. The molecule has 3 aromatic carbocycles. The van der Waals surface area contributed by atoms with Crippen molar-refractivity contribution in [1.29, 1.82) is 0 Å². The van der Waals surface area contributed by atoms with Gasteiger partial charge in [-0.05, 0) is 82.4 Å². The summed E-state index contributed by atoms with van der Waals surface area (Å²) in [7, 11) is 0. The van der Waals surface area contributed by atoms with Crippen molar-refractivity contribution in [3.8, 4) is 11.1 Å². The molecule has 2 aliphatic rings. The predicted molar refractivity (Wildman–Crippen MR) is 185 cm³/mol. The molecule has 0 N–H and O–H groups in total. The van der Waals surface area contributed by atoms with Crippen LogP contribution in [0.5, 0.6) is 0 Å². The first-order valence-electron chi connectivity index (χ1n) is 14.9. The summed E-state index contributed by atoms with van der Waals surface area (Å²) in [6.07, 6.45) is 19.3. The fourth-order valence-electron chi connectivity index (χ4n) is 5.65. The molecule has 0 unspecified atom stereocenters. The Hall–Kier alpha value is -4.16. The van der Waals surface area contributed by atoms with Gasteiger partial charge in [-0.1, -0.05) is 162 Å². The van der Waals surface area contributed by atoms with Crippen molar-refractivity contribution >= 4 is 16.7 Å². The van der Waals surface area contributed by atoms with Crippen molar-refractivity contribution in [2.24, 2.45) is 0 Å². The lowest BCUT2D eigenvalue weighted by atomic mass is 9.77. The second-order valence-electron chi connectivity index (χ2n) is 10.5. The zero-order chi connectivity index (χ0) is 29.8. The van der Waals surface area contributed by atoms with Crippen LogP contribution in [0.2, 0.25) is 0 Å². The molecule has 0 fully saturated rings. The maximum Gasteiger partial charge on any atom is 0.0164 e. The van der Waals surface area contributed by atoms with Crippen LogP contribution in [0.4, 0.5) is 0 Å². The van der Waals surface area contributed by atoms with Crippen LogP contribution in [-0.2, 0) is 5.41 Å². The van der Waals surface area contributed by atoms with E-state index >= 15 is 0 Å². The molecule has 0 aliphatic heterocycles. The summed E-state index contributed by atoms with van der Waals surface area (Å²) in [5.74, 6) is 0. The highest BCUT2D eigenvalue weighted by molar-refractivity contribution is 5.92. The van der Waals surface area contributed by atoms with Crippen LogP contribution in [0.15, 0.2) is 140 Å². The lowest BCUT2D eigenvalue weighted by Gasteiger charge is -2.26. The molecule has 0 bridgehead atoms. The Morgan fingerprint density at radius 3 is 2.07 bits per heavy atom. The van der Waals surface area contributed by atoms with Crippen molar-refractivity contribution in [3.63, 3.8) is 0 Å². The summed E-state index contributed by atoms with van der Waals surface area (Å²) in [6.45, 7) is 20.9. The first kappa shape index (κ1) is 31.4. The van der Waals surface area contributed by atoms with Crippen LogP contribution in [0.25, 0.3) is 27.8 Å². The van der Waals surface area contributed by atoms with Crippen LogP contribution in [0, 0.1) is 0 Å². The Morgan fingerprint density at radius 2 is 1.49 bits per heavy atom. The van der Waals surface area contributed by atoms with E-state index in [1.54, 1.807) is 0 Å². The van der Waals surface area contributed by atoms with Crippen LogP contribution in [0.3, 0.4) is 0 Å². The molecule has 210 valence electrons. The fourth-order valence-corrected chi connectivity index (χ4v) is 5.65. The van der Waals surface area contributed by atoms with Crippen LogP contribution in [0.1, 0.15) is 76.6 Å². The van der Waals surface area contributed by atoms with E-state index in [-0.39, 0.29) is 5.41 Å². The molecule has 0 saturated carbocycles. The van der Waals surface area contributed by atoms with Gasteiger partial charge in [-0.15, -0.1) is 0 Å². The van der Waals surface area contributed by atoms with Crippen molar-refractivity contribution < 1.29 is 0 Å². The molecule has 0 nitrogen and oxygen atoms in total. The van der Waals surface area contributed by atoms with E-state index in [4.69, 9.17) is 0 Å². The molecule has 0 heteroatoms. The highest BCUT2D eigenvalue weighted by Gasteiger charge is 2.37. The smallest absolute Gasteiger partial charge is 0.0164 e. The van der Waals surface area contributed by atoms with Gasteiger partial charge in [-0.2, -0.15) is 0 Å². The molecular formula is C41H46. The van der Waals surface area contributed by atoms with E-state index in [0.717, 1.165) is 11.1 Å². The first-order chi connectivity index (χ1) is 19.9. The zero-order valence-electron chi connectivity index (χ0n) is 25.9. The molecule has 0 aromatic heterocycles. The topological polar surface area (TPSA) is 0 Å². The second kappa shape index (κ2) is 15.0. The Bertz CT molecular complexity index is 1480. The highest BCUT2D eigenvalue weighted by Crippen LogP contribution is 2.50. The summed E-state index contributed by atoms with van der Waals surface area (Å²) in [6, 6.07) is 25.9. The number of fused-ring (bicyclic) bond motifs is 1. The number of hydrogen-bond donors (Lipinski definition) is 0. The van der Waals surface area contributed by atoms with Crippen molar-refractivity contribution in [3.05, 3.63) is 162 Å². The third kappa shape index (κ3) is 7.14.